The molecule has 7 aromatic carbocycles. The summed E-state index contributed by atoms with van der Waals surface area (Å²) in [5, 5.41) is 2.55. The van der Waals surface area contributed by atoms with Crippen LogP contribution in [0.1, 0.15) is 47.2 Å². The molecule has 48 heavy (non-hydrogen) atoms. The molecule has 1 aromatic heterocycles. The lowest BCUT2D eigenvalue weighted by molar-refractivity contribution is 0.435. The van der Waals surface area contributed by atoms with Crippen LogP contribution in [0.2, 0.25) is 0 Å². The van der Waals surface area contributed by atoms with Crippen molar-refractivity contribution in [3.05, 3.63) is 185 Å². The molecule has 2 nitrogen and oxygen atoms in total. The van der Waals surface area contributed by atoms with Gasteiger partial charge in [0.15, 0.2) is 0 Å². The molecule has 8 aromatic rings. The number of ether oxygens (including phenoxy) is 1. The fraction of sp³-hybridized carbons (Fsp3) is 0.0870. The van der Waals surface area contributed by atoms with Crippen LogP contribution >= 0.6 is 0 Å². The summed E-state index contributed by atoms with van der Waals surface area (Å²) in [6.07, 6.45) is 0. The quantitative estimate of drug-likeness (QED) is 0.180. The molecule has 0 amide bonds. The highest BCUT2D eigenvalue weighted by atomic mass is 16.5. The van der Waals surface area contributed by atoms with E-state index in [-0.39, 0.29) is 5.41 Å². The molecule has 0 fully saturated rings. The number of rotatable bonds is 1. The topological polar surface area (TPSA) is 14.2 Å². The van der Waals surface area contributed by atoms with Crippen molar-refractivity contribution in [2.45, 2.75) is 24.7 Å². The monoisotopic (exact) mass is 613 g/mol. The third-order valence-electron chi connectivity index (χ3n) is 11.5. The SMILES string of the molecule is CC1(C)c2ccccc2-c2ccc(-c3cccc4c3Oc3ccccc3C43c4ccccc4-n4c5ccccc5c5cccc3c54)cc21. The number of fused-ring (bicyclic) bond motifs is 14. The molecule has 0 bridgehead atoms. The maximum atomic E-state index is 7.07. The number of benzene rings is 7. The van der Waals surface area contributed by atoms with Crippen molar-refractivity contribution in [2.24, 2.45) is 0 Å². The summed E-state index contributed by atoms with van der Waals surface area (Å²) in [7, 11) is 0. The van der Waals surface area contributed by atoms with Gasteiger partial charge in [-0.05, 0) is 63.2 Å². The van der Waals surface area contributed by atoms with Crippen molar-refractivity contribution in [1.29, 1.82) is 0 Å². The molecule has 0 N–H and O–H groups in total. The van der Waals surface area contributed by atoms with E-state index in [1.54, 1.807) is 0 Å². The fourth-order valence-corrected chi connectivity index (χ4v) is 9.44. The molecule has 0 saturated heterocycles. The van der Waals surface area contributed by atoms with Gasteiger partial charge in [-0.15, -0.1) is 0 Å². The first kappa shape index (κ1) is 26.2. The Hall–Kier alpha value is -5.86. The predicted molar refractivity (Wildman–Crippen MR) is 196 cm³/mol. The van der Waals surface area contributed by atoms with Crippen molar-refractivity contribution in [3.63, 3.8) is 0 Å². The third kappa shape index (κ3) is 3.00. The molecule has 0 radical (unpaired) electrons. The van der Waals surface area contributed by atoms with Gasteiger partial charge in [0.25, 0.3) is 0 Å². The number of aromatic nitrogens is 1. The van der Waals surface area contributed by atoms with Gasteiger partial charge in [0, 0.05) is 32.9 Å². The van der Waals surface area contributed by atoms with Gasteiger partial charge in [0.05, 0.1) is 22.1 Å². The standard InChI is InChI=1S/C46H31NO/c1-45(2)34-17-5-3-13-30(34)31-26-25-28(27-39(31)45)29-15-11-21-38-44(29)48-42-24-10-7-19-36(42)46(38)35-18-6-9-23-41(35)47-40-22-8-4-14-32(40)33-16-12-20-37(46)43(33)47/h3-27H,1-2H3. The van der Waals surface area contributed by atoms with E-state index in [2.05, 4.69) is 170 Å². The Morgan fingerprint density at radius 1 is 0.479 bits per heavy atom. The van der Waals surface area contributed by atoms with Crippen molar-refractivity contribution < 1.29 is 4.74 Å². The first-order chi connectivity index (χ1) is 23.6. The zero-order valence-electron chi connectivity index (χ0n) is 26.8. The van der Waals surface area contributed by atoms with Crippen LogP contribution in [-0.4, -0.2) is 4.57 Å². The molecule has 11 rings (SSSR count). The van der Waals surface area contributed by atoms with E-state index >= 15 is 0 Å². The molecule has 1 atom stereocenters. The summed E-state index contributed by atoms with van der Waals surface area (Å²) in [4.78, 5) is 0. The zero-order valence-corrected chi connectivity index (χ0v) is 26.8. The lowest BCUT2D eigenvalue weighted by Crippen LogP contribution is -2.37. The second-order valence-electron chi connectivity index (χ2n) is 14.0. The van der Waals surface area contributed by atoms with Gasteiger partial charge in [-0.3, -0.25) is 0 Å². The molecule has 0 saturated carbocycles. The average molecular weight is 614 g/mol. The molecule has 2 heteroatoms. The number of para-hydroxylation sites is 5. The maximum absolute atomic E-state index is 7.07. The summed E-state index contributed by atoms with van der Waals surface area (Å²) in [6.45, 7) is 4.70. The first-order valence-corrected chi connectivity index (χ1v) is 16.9. The molecular formula is C46H31NO. The summed E-state index contributed by atoms with van der Waals surface area (Å²) < 4.78 is 9.56. The first-order valence-electron chi connectivity index (χ1n) is 16.9. The van der Waals surface area contributed by atoms with Crippen LogP contribution in [0.3, 0.4) is 0 Å². The number of nitrogens with zero attached hydrogens (tertiary/aromatic N) is 1. The molecule has 3 aliphatic rings. The molecule has 226 valence electrons. The highest BCUT2D eigenvalue weighted by molar-refractivity contribution is 6.12. The van der Waals surface area contributed by atoms with Gasteiger partial charge in [-0.25, -0.2) is 0 Å². The molecule has 1 spiro atoms. The molecule has 2 aliphatic heterocycles. The second kappa shape index (κ2) is 8.93. The fourth-order valence-electron chi connectivity index (χ4n) is 9.44. The van der Waals surface area contributed by atoms with Crippen LogP contribution in [0.15, 0.2) is 152 Å². The summed E-state index contributed by atoms with van der Waals surface area (Å²) in [6, 6.07) is 56.0. The molecule has 1 aliphatic carbocycles. The van der Waals surface area contributed by atoms with E-state index in [1.165, 1.54) is 77.6 Å². The van der Waals surface area contributed by atoms with Gasteiger partial charge in [-0.2, -0.15) is 0 Å². The lowest BCUT2D eigenvalue weighted by Gasteiger charge is -2.45. The number of hydrogen-bond acceptors (Lipinski definition) is 1. The van der Waals surface area contributed by atoms with E-state index in [1.807, 2.05) is 0 Å². The minimum atomic E-state index is -0.576. The Labute approximate surface area is 279 Å². The van der Waals surface area contributed by atoms with Crippen molar-refractivity contribution in [3.8, 4) is 39.4 Å². The van der Waals surface area contributed by atoms with Crippen LogP contribution in [0.5, 0.6) is 11.5 Å². The van der Waals surface area contributed by atoms with Crippen LogP contribution < -0.4 is 4.74 Å². The molecule has 1 unspecified atom stereocenters. The predicted octanol–water partition coefficient (Wildman–Crippen LogP) is 11.6. The van der Waals surface area contributed by atoms with E-state index in [0.29, 0.717) is 0 Å². The highest BCUT2D eigenvalue weighted by Crippen LogP contribution is 2.62. The van der Waals surface area contributed by atoms with Crippen LogP contribution in [0, 0.1) is 0 Å². The van der Waals surface area contributed by atoms with Gasteiger partial charge in [0.2, 0.25) is 0 Å². The Morgan fingerprint density at radius 2 is 1.12 bits per heavy atom. The summed E-state index contributed by atoms with van der Waals surface area (Å²) in [5.41, 5.74) is 15.7. The smallest absolute Gasteiger partial charge is 0.140 e. The number of hydrogen-bond donors (Lipinski definition) is 0. The Balaban J connectivity index is 1.25. The maximum Gasteiger partial charge on any atom is 0.140 e. The molecule has 3 heterocycles. The van der Waals surface area contributed by atoms with Crippen LogP contribution in [0.25, 0.3) is 49.7 Å². The zero-order chi connectivity index (χ0) is 31.8. The van der Waals surface area contributed by atoms with Crippen molar-refractivity contribution in [1.82, 2.24) is 4.57 Å². The van der Waals surface area contributed by atoms with Gasteiger partial charge >= 0.3 is 0 Å². The Bertz CT molecular complexity index is 2690. The van der Waals surface area contributed by atoms with E-state index < -0.39 is 5.41 Å². The van der Waals surface area contributed by atoms with Gasteiger partial charge in [0.1, 0.15) is 11.5 Å². The van der Waals surface area contributed by atoms with Crippen LogP contribution in [-0.2, 0) is 10.8 Å². The molecular weight excluding hydrogens is 583 g/mol. The summed E-state index contributed by atoms with van der Waals surface area (Å²) >= 11 is 0. The second-order valence-corrected chi connectivity index (χ2v) is 14.0. The Morgan fingerprint density at radius 3 is 2.04 bits per heavy atom. The van der Waals surface area contributed by atoms with Crippen molar-refractivity contribution in [2.75, 3.05) is 0 Å². The average Bonchev–Trinajstić information content (AvgIpc) is 3.59. The van der Waals surface area contributed by atoms with Crippen LogP contribution in [0.4, 0.5) is 0 Å². The van der Waals surface area contributed by atoms with E-state index in [0.717, 1.165) is 17.1 Å². The lowest BCUT2D eigenvalue weighted by atomic mass is 9.61. The van der Waals surface area contributed by atoms with E-state index in [9.17, 15) is 0 Å². The van der Waals surface area contributed by atoms with Crippen molar-refractivity contribution >= 4 is 21.8 Å². The van der Waals surface area contributed by atoms with E-state index in [4.69, 9.17) is 4.74 Å². The normalized spacial score (nSPS) is 17.4. The third-order valence-corrected chi connectivity index (χ3v) is 11.5. The minimum absolute atomic E-state index is 0.0865. The van der Waals surface area contributed by atoms with Gasteiger partial charge < -0.3 is 9.30 Å². The minimum Gasteiger partial charge on any atom is -0.456 e. The highest BCUT2D eigenvalue weighted by Gasteiger charge is 2.50. The largest absolute Gasteiger partial charge is 0.456 e. The summed E-state index contributed by atoms with van der Waals surface area (Å²) in [5.74, 6) is 1.84. The van der Waals surface area contributed by atoms with Gasteiger partial charge in [-0.1, -0.05) is 141 Å². The Kier molecular flexibility index (Phi) is 4.88.